The summed E-state index contributed by atoms with van der Waals surface area (Å²) in [6.45, 7) is 0. The zero-order chi connectivity index (χ0) is 35.8. The Morgan fingerprint density at radius 1 is 0.296 bits per heavy atom. The van der Waals surface area contributed by atoms with Gasteiger partial charge in [-0.2, -0.15) is 0 Å². The largest absolute Gasteiger partial charge is 0.309 e. The summed E-state index contributed by atoms with van der Waals surface area (Å²) in [6.07, 6.45) is 0. The van der Waals surface area contributed by atoms with Gasteiger partial charge in [-0.25, -0.2) is 0 Å². The third-order valence-corrected chi connectivity index (χ3v) is 11.6. The van der Waals surface area contributed by atoms with Gasteiger partial charge in [0, 0.05) is 37.0 Å². The molecular weight excluding hydrogens is 671 g/mol. The number of benzene rings is 9. The molecule has 1 nitrogen and oxygen atoms in total. The molecule has 9 aromatic carbocycles. The normalized spacial score (nSPS) is 11.3. The van der Waals surface area contributed by atoms with E-state index in [1.807, 2.05) is 11.3 Å². The van der Waals surface area contributed by atoms with Crippen molar-refractivity contribution in [2.75, 3.05) is 4.90 Å². The summed E-state index contributed by atoms with van der Waals surface area (Å²) in [5, 5.41) is 5.08. The maximum absolute atomic E-state index is 2.46. The molecule has 10 rings (SSSR count). The van der Waals surface area contributed by atoms with Crippen LogP contribution in [0.3, 0.4) is 0 Å². The monoisotopic (exact) mass is 705 g/mol. The summed E-state index contributed by atoms with van der Waals surface area (Å²) in [5.41, 5.74) is 13.0. The molecule has 0 aliphatic heterocycles. The number of rotatable bonds is 7. The van der Waals surface area contributed by atoms with E-state index < -0.39 is 0 Å². The molecule has 0 amide bonds. The molecule has 0 spiro atoms. The lowest BCUT2D eigenvalue weighted by molar-refractivity contribution is 1.29. The summed E-state index contributed by atoms with van der Waals surface area (Å²) >= 11 is 1.86. The lowest BCUT2D eigenvalue weighted by Gasteiger charge is -2.30. The van der Waals surface area contributed by atoms with E-state index >= 15 is 0 Å². The molecule has 0 bridgehead atoms. The van der Waals surface area contributed by atoms with Crippen LogP contribution in [0.5, 0.6) is 0 Å². The Bertz CT molecular complexity index is 2920. The van der Waals surface area contributed by atoms with Crippen LogP contribution in [0, 0.1) is 0 Å². The number of thiophene rings is 1. The number of hydrogen-bond acceptors (Lipinski definition) is 2. The van der Waals surface area contributed by atoms with Crippen LogP contribution < -0.4 is 4.90 Å². The van der Waals surface area contributed by atoms with Crippen LogP contribution in [-0.2, 0) is 0 Å². The predicted molar refractivity (Wildman–Crippen MR) is 233 cm³/mol. The molecule has 0 N–H and O–H groups in total. The second-order valence-electron chi connectivity index (χ2n) is 13.7. The Balaban J connectivity index is 1.16. The zero-order valence-electron chi connectivity index (χ0n) is 29.6. The van der Waals surface area contributed by atoms with Crippen molar-refractivity contribution in [3.05, 3.63) is 212 Å². The lowest BCUT2D eigenvalue weighted by Crippen LogP contribution is -2.12. The summed E-state index contributed by atoms with van der Waals surface area (Å²) in [7, 11) is 0. The van der Waals surface area contributed by atoms with E-state index in [9.17, 15) is 0 Å². The van der Waals surface area contributed by atoms with Crippen molar-refractivity contribution < 1.29 is 0 Å². The first-order valence-corrected chi connectivity index (χ1v) is 19.2. The number of anilines is 3. The number of para-hydroxylation sites is 2. The minimum Gasteiger partial charge on any atom is -0.309 e. The fourth-order valence-electron chi connectivity index (χ4n) is 7.95. The van der Waals surface area contributed by atoms with E-state index in [2.05, 4.69) is 217 Å². The highest BCUT2D eigenvalue weighted by Crippen LogP contribution is 2.48. The van der Waals surface area contributed by atoms with Crippen molar-refractivity contribution in [3.8, 4) is 44.5 Å². The van der Waals surface area contributed by atoms with E-state index in [0.717, 1.165) is 17.1 Å². The molecule has 0 radical (unpaired) electrons. The molecule has 0 aliphatic rings. The van der Waals surface area contributed by atoms with Gasteiger partial charge in [0.1, 0.15) is 0 Å². The quantitative estimate of drug-likeness (QED) is 0.160. The van der Waals surface area contributed by atoms with Gasteiger partial charge in [0.25, 0.3) is 0 Å². The molecule has 0 unspecified atom stereocenters. The molecule has 0 saturated carbocycles. The van der Waals surface area contributed by atoms with Gasteiger partial charge in [-0.15, -0.1) is 11.3 Å². The minimum atomic E-state index is 1.10. The van der Waals surface area contributed by atoms with Gasteiger partial charge in [-0.1, -0.05) is 176 Å². The lowest BCUT2D eigenvalue weighted by atomic mass is 9.94. The van der Waals surface area contributed by atoms with Crippen LogP contribution in [0.25, 0.3) is 75.5 Å². The predicted octanol–water partition coefficient (Wildman–Crippen LogP) is 15.3. The molecule has 1 aromatic heterocycles. The second-order valence-corrected chi connectivity index (χ2v) is 14.7. The van der Waals surface area contributed by atoms with Crippen LogP contribution >= 0.6 is 11.3 Å². The fraction of sp³-hybridized carbons (Fsp3) is 0. The van der Waals surface area contributed by atoms with Crippen molar-refractivity contribution in [2.45, 2.75) is 0 Å². The highest BCUT2D eigenvalue weighted by atomic mass is 32.1. The van der Waals surface area contributed by atoms with Crippen LogP contribution in [0.4, 0.5) is 17.1 Å². The van der Waals surface area contributed by atoms with Crippen molar-refractivity contribution in [1.82, 2.24) is 0 Å². The SMILES string of the molecule is c1ccc(-c2ccc(-c3ccc(N(c4ccccc4-c4cccc5ccccc45)c4ccccc4-c4cccc5sc6ccccc6c45)cc3)cc2)cc1. The molecule has 54 heavy (non-hydrogen) atoms. The summed E-state index contributed by atoms with van der Waals surface area (Å²) in [6, 6.07) is 77.1. The minimum absolute atomic E-state index is 1.10. The molecular formula is C52H35NS. The van der Waals surface area contributed by atoms with Crippen molar-refractivity contribution in [1.29, 1.82) is 0 Å². The zero-order valence-corrected chi connectivity index (χ0v) is 30.4. The Kier molecular flexibility index (Phi) is 8.09. The first-order chi connectivity index (χ1) is 26.8. The highest BCUT2D eigenvalue weighted by Gasteiger charge is 2.22. The highest BCUT2D eigenvalue weighted by molar-refractivity contribution is 7.25. The topological polar surface area (TPSA) is 3.24 Å². The molecule has 1 heterocycles. The van der Waals surface area contributed by atoms with Crippen LogP contribution in [0.15, 0.2) is 212 Å². The molecule has 0 saturated heterocycles. The van der Waals surface area contributed by atoms with Gasteiger partial charge >= 0.3 is 0 Å². The van der Waals surface area contributed by atoms with E-state index in [1.54, 1.807) is 0 Å². The number of hydrogen-bond donors (Lipinski definition) is 0. The molecule has 0 fully saturated rings. The van der Waals surface area contributed by atoms with Gasteiger partial charge in [-0.05, 0) is 80.6 Å². The Morgan fingerprint density at radius 3 is 1.48 bits per heavy atom. The first kappa shape index (κ1) is 32.0. The number of nitrogens with zero attached hydrogens (tertiary/aromatic N) is 1. The van der Waals surface area contributed by atoms with E-state index in [4.69, 9.17) is 0 Å². The van der Waals surface area contributed by atoms with Crippen molar-refractivity contribution in [2.24, 2.45) is 0 Å². The smallest absolute Gasteiger partial charge is 0.0540 e. The first-order valence-electron chi connectivity index (χ1n) is 18.4. The average Bonchev–Trinajstić information content (AvgIpc) is 3.64. The molecule has 2 heteroatoms. The standard InChI is InChI=1S/C52H35NS/c1-2-14-36(15-3-1)37-28-30-38(31-29-37)39-32-34-41(35-33-39)53(48-24-9-6-19-44(48)43-22-12-17-40-16-4-5-18-42(40)43)49-25-10-7-20-45(49)46-23-13-27-51-52(46)47-21-8-11-26-50(47)54-51/h1-35H. The second kappa shape index (κ2) is 13.7. The van der Waals surface area contributed by atoms with Crippen molar-refractivity contribution >= 4 is 59.3 Å². The van der Waals surface area contributed by atoms with E-state index in [-0.39, 0.29) is 0 Å². The van der Waals surface area contributed by atoms with E-state index in [1.165, 1.54) is 75.5 Å². The number of fused-ring (bicyclic) bond motifs is 4. The van der Waals surface area contributed by atoms with Gasteiger partial charge in [0.15, 0.2) is 0 Å². The maximum atomic E-state index is 2.46. The average molecular weight is 706 g/mol. The van der Waals surface area contributed by atoms with Crippen LogP contribution in [0.2, 0.25) is 0 Å². The summed E-state index contributed by atoms with van der Waals surface area (Å²) in [5.74, 6) is 0. The summed E-state index contributed by atoms with van der Waals surface area (Å²) in [4.78, 5) is 2.46. The molecule has 0 aliphatic carbocycles. The third-order valence-electron chi connectivity index (χ3n) is 10.5. The van der Waals surface area contributed by atoms with Crippen molar-refractivity contribution in [3.63, 3.8) is 0 Å². The van der Waals surface area contributed by atoms with E-state index in [0.29, 0.717) is 0 Å². The Labute approximate surface area is 319 Å². The fourth-order valence-corrected chi connectivity index (χ4v) is 9.08. The van der Waals surface area contributed by atoms with Gasteiger partial charge < -0.3 is 4.90 Å². The third kappa shape index (κ3) is 5.65. The summed E-state index contributed by atoms with van der Waals surface area (Å²) < 4.78 is 2.61. The van der Waals surface area contributed by atoms with Gasteiger partial charge in [0.05, 0.1) is 11.4 Å². The molecule has 254 valence electrons. The van der Waals surface area contributed by atoms with Crippen LogP contribution in [-0.4, -0.2) is 0 Å². The molecule has 0 atom stereocenters. The molecule has 10 aromatic rings. The Hall–Kier alpha value is -6.74. The van der Waals surface area contributed by atoms with Gasteiger partial charge in [0.2, 0.25) is 0 Å². The maximum Gasteiger partial charge on any atom is 0.0540 e. The van der Waals surface area contributed by atoms with Gasteiger partial charge in [-0.3, -0.25) is 0 Å². The van der Waals surface area contributed by atoms with Crippen LogP contribution in [0.1, 0.15) is 0 Å². The Morgan fingerprint density at radius 2 is 0.759 bits per heavy atom.